The topological polar surface area (TPSA) is 76.1 Å². The summed E-state index contributed by atoms with van der Waals surface area (Å²) in [5.41, 5.74) is -2.36. The van der Waals surface area contributed by atoms with Crippen molar-refractivity contribution in [3.05, 3.63) is 43.2 Å². The van der Waals surface area contributed by atoms with Gasteiger partial charge in [0.2, 0.25) is 5.60 Å². The molecule has 0 spiro atoms. The SMILES string of the molecule is CN(C(=O)OC(C)(C)C)C1CCC(OC(=O)[C@](O)(c2cccs2)c2ccc(Br)s2)CC1. The van der Waals surface area contributed by atoms with Gasteiger partial charge in [-0.2, -0.15) is 0 Å². The number of carbonyl (C=O) groups excluding carboxylic acids is 2. The van der Waals surface area contributed by atoms with Crippen LogP contribution in [0.1, 0.15) is 56.2 Å². The second-order valence-corrected chi connectivity index (χ2v) is 12.1. The largest absolute Gasteiger partial charge is 0.460 e. The Morgan fingerprint density at radius 2 is 1.81 bits per heavy atom. The summed E-state index contributed by atoms with van der Waals surface area (Å²) in [6.07, 6.45) is 2.01. The number of ether oxygens (including phenoxy) is 2. The Labute approximate surface area is 199 Å². The van der Waals surface area contributed by atoms with Gasteiger partial charge in [0.05, 0.1) is 13.5 Å². The van der Waals surface area contributed by atoms with E-state index in [-0.39, 0.29) is 18.2 Å². The lowest BCUT2D eigenvalue weighted by Crippen LogP contribution is -2.44. The maximum Gasteiger partial charge on any atom is 0.410 e. The summed E-state index contributed by atoms with van der Waals surface area (Å²) in [4.78, 5) is 28.2. The molecule has 1 atom stereocenters. The predicted molar refractivity (Wildman–Crippen MR) is 125 cm³/mol. The van der Waals surface area contributed by atoms with Crippen LogP contribution in [0.2, 0.25) is 0 Å². The number of nitrogens with zero attached hydrogens (tertiary/aromatic N) is 1. The number of amides is 1. The first-order valence-electron chi connectivity index (χ1n) is 10.2. The standard InChI is InChI=1S/C22H28BrNO5S2/c1-21(2,3)29-20(26)24(4)14-7-9-15(10-8-14)28-19(25)22(27,16-6-5-13-30-16)17-11-12-18(23)31-17/h5-6,11-15,27H,7-10H2,1-4H3/t14?,15?,22-/m0/s1. The molecular formula is C22H28BrNO5S2. The highest BCUT2D eigenvalue weighted by Crippen LogP contribution is 2.40. The zero-order valence-corrected chi connectivity index (χ0v) is 21.3. The molecule has 1 saturated carbocycles. The van der Waals surface area contributed by atoms with Crippen molar-refractivity contribution in [3.63, 3.8) is 0 Å². The molecule has 170 valence electrons. The lowest BCUT2D eigenvalue weighted by atomic mass is 9.91. The molecule has 1 fully saturated rings. The van der Waals surface area contributed by atoms with E-state index in [0.29, 0.717) is 35.4 Å². The van der Waals surface area contributed by atoms with Gasteiger partial charge in [0, 0.05) is 13.1 Å². The molecule has 0 bridgehead atoms. The minimum absolute atomic E-state index is 0.0363. The average molecular weight is 531 g/mol. The summed E-state index contributed by atoms with van der Waals surface area (Å²) in [6, 6.07) is 7.13. The fourth-order valence-electron chi connectivity index (χ4n) is 3.59. The van der Waals surface area contributed by atoms with Crippen LogP contribution in [0.25, 0.3) is 0 Å². The third kappa shape index (κ3) is 5.69. The minimum Gasteiger partial charge on any atom is -0.460 e. The molecule has 0 saturated heterocycles. The summed E-state index contributed by atoms with van der Waals surface area (Å²) in [6.45, 7) is 5.53. The Morgan fingerprint density at radius 1 is 1.13 bits per heavy atom. The van der Waals surface area contributed by atoms with Crippen LogP contribution in [-0.4, -0.2) is 46.9 Å². The van der Waals surface area contributed by atoms with Crippen LogP contribution in [0.5, 0.6) is 0 Å². The maximum absolute atomic E-state index is 13.2. The van der Waals surface area contributed by atoms with Crippen LogP contribution in [0, 0.1) is 0 Å². The van der Waals surface area contributed by atoms with E-state index in [1.807, 2.05) is 32.2 Å². The molecule has 1 amide bonds. The number of aliphatic hydroxyl groups is 1. The normalized spacial score (nSPS) is 21.2. The van der Waals surface area contributed by atoms with Crippen molar-refractivity contribution < 1.29 is 24.2 Å². The fraction of sp³-hybridized carbons (Fsp3) is 0.545. The summed E-state index contributed by atoms with van der Waals surface area (Å²) in [5, 5.41) is 13.3. The monoisotopic (exact) mass is 529 g/mol. The smallest absolute Gasteiger partial charge is 0.410 e. The van der Waals surface area contributed by atoms with Gasteiger partial charge in [-0.1, -0.05) is 6.07 Å². The van der Waals surface area contributed by atoms with Crippen molar-refractivity contribution in [2.75, 3.05) is 7.05 Å². The van der Waals surface area contributed by atoms with Gasteiger partial charge in [0.15, 0.2) is 0 Å². The molecule has 9 heteroatoms. The van der Waals surface area contributed by atoms with Crippen molar-refractivity contribution in [2.45, 2.75) is 69.8 Å². The van der Waals surface area contributed by atoms with E-state index in [9.17, 15) is 14.7 Å². The van der Waals surface area contributed by atoms with Crippen LogP contribution in [0.15, 0.2) is 33.4 Å². The zero-order chi connectivity index (χ0) is 22.8. The van der Waals surface area contributed by atoms with Gasteiger partial charge in [0.1, 0.15) is 11.7 Å². The Balaban J connectivity index is 1.64. The van der Waals surface area contributed by atoms with E-state index in [1.54, 1.807) is 30.1 Å². The molecule has 2 heterocycles. The van der Waals surface area contributed by atoms with Gasteiger partial charge in [-0.15, -0.1) is 22.7 Å². The van der Waals surface area contributed by atoms with E-state index in [2.05, 4.69) is 15.9 Å². The summed E-state index contributed by atoms with van der Waals surface area (Å²) < 4.78 is 12.1. The third-order valence-corrected chi connectivity index (χ3v) is 7.96. The number of rotatable bonds is 5. The molecule has 0 aliphatic heterocycles. The maximum atomic E-state index is 13.2. The Kier molecular flexibility index (Phi) is 7.50. The number of hydrogen-bond donors (Lipinski definition) is 1. The number of carbonyl (C=O) groups is 2. The highest BCUT2D eigenvalue weighted by molar-refractivity contribution is 9.11. The Morgan fingerprint density at radius 3 is 2.32 bits per heavy atom. The summed E-state index contributed by atoms with van der Waals surface area (Å²) in [5.74, 6) is -0.659. The highest BCUT2D eigenvalue weighted by Gasteiger charge is 2.45. The van der Waals surface area contributed by atoms with E-state index < -0.39 is 17.2 Å². The number of esters is 1. The van der Waals surface area contributed by atoms with Gasteiger partial charge in [-0.25, -0.2) is 9.59 Å². The van der Waals surface area contributed by atoms with Crippen LogP contribution >= 0.6 is 38.6 Å². The van der Waals surface area contributed by atoms with Crippen LogP contribution in [0.3, 0.4) is 0 Å². The van der Waals surface area contributed by atoms with E-state index in [0.717, 1.165) is 3.79 Å². The number of hydrogen-bond acceptors (Lipinski definition) is 7. The minimum atomic E-state index is -1.82. The Bertz CT molecular complexity index is 899. The van der Waals surface area contributed by atoms with Gasteiger partial charge >= 0.3 is 12.1 Å². The molecule has 1 aliphatic carbocycles. The van der Waals surface area contributed by atoms with E-state index in [1.165, 1.54) is 22.7 Å². The number of halogens is 1. The molecule has 1 aliphatic rings. The second-order valence-electron chi connectivity index (χ2n) is 8.72. The van der Waals surface area contributed by atoms with Crippen molar-refractivity contribution in [2.24, 2.45) is 0 Å². The first-order valence-corrected chi connectivity index (χ1v) is 12.7. The first kappa shape index (κ1) is 24.2. The summed E-state index contributed by atoms with van der Waals surface area (Å²) in [7, 11) is 1.75. The van der Waals surface area contributed by atoms with Gasteiger partial charge in [-0.3, -0.25) is 0 Å². The predicted octanol–water partition coefficient (Wildman–Crippen LogP) is 5.53. The van der Waals surface area contributed by atoms with Crippen LogP contribution < -0.4 is 0 Å². The molecule has 1 N–H and O–H groups in total. The molecule has 31 heavy (non-hydrogen) atoms. The molecule has 0 unspecified atom stereocenters. The molecule has 2 aromatic rings. The lowest BCUT2D eigenvalue weighted by molar-refractivity contribution is -0.169. The van der Waals surface area contributed by atoms with Gasteiger partial charge in [-0.05, 0) is 86.0 Å². The lowest BCUT2D eigenvalue weighted by Gasteiger charge is -2.36. The number of thiophene rings is 2. The molecule has 2 aromatic heterocycles. The van der Waals surface area contributed by atoms with E-state index >= 15 is 0 Å². The average Bonchev–Trinajstić information content (AvgIpc) is 3.38. The molecule has 0 aromatic carbocycles. The highest BCUT2D eigenvalue weighted by atomic mass is 79.9. The Hall–Kier alpha value is -1.42. The summed E-state index contributed by atoms with van der Waals surface area (Å²) >= 11 is 6.03. The quantitative estimate of drug-likeness (QED) is 0.515. The molecule has 3 rings (SSSR count). The zero-order valence-electron chi connectivity index (χ0n) is 18.1. The van der Waals surface area contributed by atoms with Crippen molar-refractivity contribution in [1.82, 2.24) is 4.90 Å². The van der Waals surface area contributed by atoms with Crippen molar-refractivity contribution >= 4 is 50.7 Å². The van der Waals surface area contributed by atoms with Crippen LogP contribution in [-0.2, 0) is 19.9 Å². The second kappa shape index (κ2) is 9.60. The molecule has 6 nitrogen and oxygen atoms in total. The van der Waals surface area contributed by atoms with E-state index in [4.69, 9.17) is 9.47 Å². The van der Waals surface area contributed by atoms with Gasteiger partial charge < -0.3 is 19.5 Å². The molecular weight excluding hydrogens is 502 g/mol. The van der Waals surface area contributed by atoms with Gasteiger partial charge in [0.25, 0.3) is 0 Å². The fourth-order valence-corrected chi connectivity index (χ4v) is 5.95. The third-order valence-electron chi connectivity index (χ3n) is 5.25. The van der Waals surface area contributed by atoms with Crippen molar-refractivity contribution in [3.8, 4) is 0 Å². The van der Waals surface area contributed by atoms with Crippen molar-refractivity contribution in [1.29, 1.82) is 0 Å². The first-order chi connectivity index (χ1) is 14.5. The molecule has 0 radical (unpaired) electrons. The van der Waals surface area contributed by atoms with Crippen LogP contribution in [0.4, 0.5) is 4.79 Å².